The summed E-state index contributed by atoms with van der Waals surface area (Å²) in [6, 6.07) is 4.87. The number of nitrogens with two attached hydrogens (primary N) is 1. The minimum absolute atomic E-state index is 0.441. The van der Waals surface area contributed by atoms with E-state index in [9.17, 15) is 0 Å². The van der Waals surface area contributed by atoms with Gasteiger partial charge in [-0.3, -0.25) is 0 Å². The van der Waals surface area contributed by atoms with Crippen molar-refractivity contribution in [1.29, 1.82) is 0 Å². The number of aromatic nitrogens is 2. The van der Waals surface area contributed by atoms with E-state index in [0.717, 1.165) is 23.8 Å². The molecule has 1 aliphatic heterocycles. The Morgan fingerprint density at radius 2 is 1.76 bits per heavy atom. The molecule has 2 heterocycles. The first-order chi connectivity index (χ1) is 9.88. The summed E-state index contributed by atoms with van der Waals surface area (Å²) in [7, 11) is 0. The van der Waals surface area contributed by atoms with Crippen LogP contribution in [-0.4, -0.2) is 9.55 Å². The van der Waals surface area contributed by atoms with Crippen LogP contribution in [-0.2, 0) is 6.42 Å². The highest BCUT2D eigenvalue weighted by Crippen LogP contribution is 2.38. The molecule has 3 heteroatoms. The molecule has 1 aromatic carbocycles. The van der Waals surface area contributed by atoms with E-state index in [2.05, 4.69) is 51.3 Å². The molecule has 21 heavy (non-hydrogen) atoms. The Kier molecular flexibility index (Phi) is 3.31. The Labute approximate surface area is 127 Å². The first kappa shape index (κ1) is 14.2. The van der Waals surface area contributed by atoms with Crippen LogP contribution in [0.15, 0.2) is 12.1 Å². The smallest absolute Gasteiger partial charge is 0.132 e. The molecule has 1 aromatic heterocycles. The molecule has 2 unspecified atom stereocenters. The fraction of sp³-hybridized carbons (Fsp3) is 0.500. The van der Waals surface area contributed by atoms with E-state index >= 15 is 0 Å². The van der Waals surface area contributed by atoms with E-state index in [-0.39, 0.29) is 0 Å². The minimum Gasteiger partial charge on any atom is -0.383 e. The third kappa shape index (κ3) is 2.25. The Balaban J connectivity index is 2.20. The van der Waals surface area contributed by atoms with E-state index in [1.165, 1.54) is 28.7 Å². The van der Waals surface area contributed by atoms with Crippen molar-refractivity contribution >= 4 is 5.82 Å². The lowest BCUT2D eigenvalue weighted by molar-refractivity contribution is 0.346. The average Bonchev–Trinajstić information content (AvgIpc) is 2.65. The molecule has 0 bridgehead atoms. The molecule has 0 fully saturated rings. The van der Waals surface area contributed by atoms with Crippen LogP contribution in [0.2, 0.25) is 0 Å². The third-order valence-electron chi connectivity index (χ3n) is 4.65. The Morgan fingerprint density at radius 1 is 1.14 bits per heavy atom. The Morgan fingerprint density at radius 3 is 2.38 bits per heavy atom. The zero-order chi connectivity index (χ0) is 15.3. The van der Waals surface area contributed by atoms with Gasteiger partial charge in [0.15, 0.2) is 0 Å². The van der Waals surface area contributed by atoms with Crippen molar-refractivity contribution in [3.8, 4) is 11.3 Å². The molecule has 2 N–H and O–H groups in total. The number of anilines is 1. The van der Waals surface area contributed by atoms with Gasteiger partial charge in [0.25, 0.3) is 0 Å². The quantitative estimate of drug-likeness (QED) is 0.852. The number of fused-ring (bicyclic) bond motifs is 1. The second kappa shape index (κ2) is 4.90. The lowest BCUT2D eigenvalue weighted by Gasteiger charge is -2.27. The largest absolute Gasteiger partial charge is 0.383 e. The normalized spacial score (nSPS) is 21.4. The standard InChI is InChI=1S/C18H25N3/c1-10-6-12(3)16(13(4)7-10)17-18(19)21-14(5)8-11(2)9-15(21)20-17/h6-7,11,14H,8-9,19H2,1-5H3. The molecule has 3 rings (SSSR count). The van der Waals surface area contributed by atoms with Gasteiger partial charge in [0.2, 0.25) is 0 Å². The van der Waals surface area contributed by atoms with E-state index in [1.807, 2.05) is 0 Å². The number of nitrogens with zero attached hydrogens (tertiary/aromatic N) is 2. The van der Waals surface area contributed by atoms with Gasteiger partial charge in [-0.2, -0.15) is 0 Å². The second-order valence-electron chi connectivity index (χ2n) is 6.80. The number of hydrogen-bond donors (Lipinski definition) is 1. The fourth-order valence-electron chi connectivity index (χ4n) is 3.95. The van der Waals surface area contributed by atoms with Gasteiger partial charge in [0.05, 0.1) is 0 Å². The number of rotatable bonds is 1. The topological polar surface area (TPSA) is 43.8 Å². The highest BCUT2D eigenvalue weighted by Gasteiger charge is 2.27. The zero-order valence-corrected chi connectivity index (χ0v) is 13.7. The van der Waals surface area contributed by atoms with Gasteiger partial charge in [0, 0.05) is 18.0 Å². The lowest BCUT2D eigenvalue weighted by atomic mass is 9.95. The number of benzene rings is 1. The fourth-order valence-corrected chi connectivity index (χ4v) is 3.95. The van der Waals surface area contributed by atoms with Crippen molar-refractivity contribution < 1.29 is 0 Å². The van der Waals surface area contributed by atoms with Gasteiger partial charge in [-0.15, -0.1) is 0 Å². The Bertz CT molecular complexity index is 674. The predicted octanol–water partition coefficient (Wildman–Crippen LogP) is 4.20. The monoisotopic (exact) mass is 283 g/mol. The summed E-state index contributed by atoms with van der Waals surface area (Å²) in [5, 5.41) is 0. The van der Waals surface area contributed by atoms with Crippen LogP contribution in [0.25, 0.3) is 11.3 Å². The number of hydrogen-bond acceptors (Lipinski definition) is 2. The average molecular weight is 283 g/mol. The van der Waals surface area contributed by atoms with E-state index in [1.54, 1.807) is 0 Å². The third-order valence-corrected chi connectivity index (χ3v) is 4.65. The van der Waals surface area contributed by atoms with Gasteiger partial charge in [-0.25, -0.2) is 4.98 Å². The molecule has 0 aliphatic carbocycles. The molecule has 2 aromatic rings. The first-order valence-corrected chi connectivity index (χ1v) is 7.83. The lowest BCUT2D eigenvalue weighted by Crippen LogP contribution is -2.22. The summed E-state index contributed by atoms with van der Waals surface area (Å²) in [6.45, 7) is 11.0. The summed E-state index contributed by atoms with van der Waals surface area (Å²) in [4.78, 5) is 4.91. The molecule has 1 aliphatic rings. The number of imidazole rings is 1. The maximum atomic E-state index is 6.47. The molecule has 0 saturated heterocycles. The SMILES string of the molecule is Cc1cc(C)c(-c2nc3n(c2N)C(C)CC(C)C3)c(C)c1. The maximum absolute atomic E-state index is 6.47. The molecular weight excluding hydrogens is 258 g/mol. The summed E-state index contributed by atoms with van der Waals surface area (Å²) in [6.07, 6.45) is 2.21. The summed E-state index contributed by atoms with van der Waals surface area (Å²) in [5.74, 6) is 2.66. The first-order valence-electron chi connectivity index (χ1n) is 7.83. The van der Waals surface area contributed by atoms with Crippen LogP contribution in [0.1, 0.15) is 48.8 Å². The highest BCUT2D eigenvalue weighted by atomic mass is 15.2. The number of aryl methyl sites for hydroxylation is 3. The Hall–Kier alpha value is -1.77. The summed E-state index contributed by atoms with van der Waals surface area (Å²) >= 11 is 0. The van der Waals surface area contributed by atoms with Crippen LogP contribution < -0.4 is 5.73 Å². The minimum atomic E-state index is 0.441. The van der Waals surface area contributed by atoms with Gasteiger partial charge in [0.1, 0.15) is 17.3 Å². The zero-order valence-electron chi connectivity index (χ0n) is 13.7. The van der Waals surface area contributed by atoms with Crippen LogP contribution in [0, 0.1) is 26.7 Å². The number of nitrogen functional groups attached to an aromatic ring is 1. The van der Waals surface area contributed by atoms with E-state index in [0.29, 0.717) is 12.0 Å². The second-order valence-corrected chi connectivity index (χ2v) is 6.80. The summed E-state index contributed by atoms with van der Waals surface area (Å²) in [5.41, 5.74) is 12.5. The predicted molar refractivity (Wildman–Crippen MR) is 88.5 cm³/mol. The molecule has 0 amide bonds. The van der Waals surface area contributed by atoms with Crippen LogP contribution >= 0.6 is 0 Å². The van der Waals surface area contributed by atoms with Crippen LogP contribution in [0.5, 0.6) is 0 Å². The van der Waals surface area contributed by atoms with Crippen molar-refractivity contribution in [3.05, 3.63) is 34.6 Å². The molecule has 0 saturated carbocycles. The van der Waals surface area contributed by atoms with Gasteiger partial charge < -0.3 is 10.3 Å². The van der Waals surface area contributed by atoms with Gasteiger partial charge in [-0.05, 0) is 51.2 Å². The molecule has 3 nitrogen and oxygen atoms in total. The molecule has 0 radical (unpaired) electrons. The molecular formula is C18H25N3. The molecule has 112 valence electrons. The van der Waals surface area contributed by atoms with Crippen molar-refractivity contribution in [2.24, 2.45) is 5.92 Å². The van der Waals surface area contributed by atoms with Crippen molar-refractivity contribution in [2.75, 3.05) is 5.73 Å². The van der Waals surface area contributed by atoms with Crippen LogP contribution in [0.3, 0.4) is 0 Å². The summed E-state index contributed by atoms with van der Waals surface area (Å²) < 4.78 is 2.24. The van der Waals surface area contributed by atoms with Gasteiger partial charge in [-0.1, -0.05) is 24.6 Å². The molecule has 0 spiro atoms. The van der Waals surface area contributed by atoms with Crippen molar-refractivity contribution in [2.45, 2.75) is 53.5 Å². The maximum Gasteiger partial charge on any atom is 0.132 e. The van der Waals surface area contributed by atoms with Crippen molar-refractivity contribution in [3.63, 3.8) is 0 Å². The van der Waals surface area contributed by atoms with E-state index < -0.39 is 0 Å². The highest BCUT2D eigenvalue weighted by molar-refractivity contribution is 5.77. The molecule has 2 atom stereocenters. The van der Waals surface area contributed by atoms with Gasteiger partial charge >= 0.3 is 0 Å². The van der Waals surface area contributed by atoms with Crippen molar-refractivity contribution in [1.82, 2.24) is 9.55 Å². The van der Waals surface area contributed by atoms with Crippen LogP contribution in [0.4, 0.5) is 5.82 Å². The van der Waals surface area contributed by atoms with E-state index in [4.69, 9.17) is 10.7 Å².